The lowest BCUT2D eigenvalue weighted by molar-refractivity contribution is -0.128. The summed E-state index contributed by atoms with van der Waals surface area (Å²) in [5, 5.41) is 9.72. The summed E-state index contributed by atoms with van der Waals surface area (Å²) in [5.74, 6) is -0.410. The van der Waals surface area contributed by atoms with E-state index in [2.05, 4.69) is 16.7 Å². The molecular weight excluding hydrogens is 348 g/mol. The van der Waals surface area contributed by atoms with Gasteiger partial charge in [0.15, 0.2) is 0 Å². The average molecular weight is 367 g/mol. The fourth-order valence-electron chi connectivity index (χ4n) is 3.87. The Balaban J connectivity index is 1.99. The van der Waals surface area contributed by atoms with Gasteiger partial charge in [-0.15, -0.1) is 0 Å². The number of hydroxylamine groups is 1. The Morgan fingerprint density at radius 1 is 1.04 bits per heavy atom. The summed E-state index contributed by atoms with van der Waals surface area (Å²) in [6.07, 6.45) is 2.17. The lowest BCUT2D eigenvalue weighted by Gasteiger charge is -2.11. The highest BCUT2D eigenvalue weighted by molar-refractivity contribution is 6.30. The minimum Gasteiger partial charge on any atom is -0.347 e. The molecule has 1 aromatic heterocycles. The van der Waals surface area contributed by atoms with E-state index in [0.717, 1.165) is 41.8 Å². The molecule has 1 amide bonds. The molecule has 0 bridgehead atoms. The number of carbonyl (C=O) groups excluding carboxylic acids is 1. The SMILES string of the molecule is O=C(Cc1c(-c2ccc(Cl)cc2)c(-c2ccccc2)c2n1CCC2)NO. The van der Waals surface area contributed by atoms with Crippen molar-refractivity contribution in [3.63, 3.8) is 0 Å². The van der Waals surface area contributed by atoms with E-state index in [0.29, 0.717) is 5.02 Å². The van der Waals surface area contributed by atoms with Gasteiger partial charge >= 0.3 is 0 Å². The highest BCUT2D eigenvalue weighted by atomic mass is 35.5. The molecule has 0 aliphatic carbocycles. The Kier molecular flexibility index (Phi) is 4.53. The number of hydrogen-bond donors (Lipinski definition) is 2. The summed E-state index contributed by atoms with van der Waals surface area (Å²) in [7, 11) is 0. The molecule has 26 heavy (non-hydrogen) atoms. The highest BCUT2D eigenvalue weighted by Crippen LogP contribution is 2.43. The van der Waals surface area contributed by atoms with Gasteiger partial charge in [0.2, 0.25) is 5.91 Å². The largest absolute Gasteiger partial charge is 0.347 e. The average Bonchev–Trinajstić information content (AvgIpc) is 3.25. The number of nitrogens with one attached hydrogen (secondary N) is 1. The number of halogens is 1. The zero-order valence-corrected chi connectivity index (χ0v) is 15.0. The van der Waals surface area contributed by atoms with E-state index in [4.69, 9.17) is 16.8 Å². The predicted octanol–water partition coefficient (Wildman–Crippen LogP) is 4.47. The fourth-order valence-corrected chi connectivity index (χ4v) is 4.00. The van der Waals surface area contributed by atoms with Crippen LogP contribution in [0.1, 0.15) is 17.8 Å². The van der Waals surface area contributed by atoms with Crippen molar-refractivity contribution in [1.82, 2.24) is 10.0 Å². The molecule has 0 saturated heterocycles. The van der Waals surface area contributed by atoms with Crippen LogP contribution < -0.4 is 5.48 Å². The maximum absolute atomic E-state index is 12.0. The molecule has 4 rings (SSSR count). The normalized spacial score (nSPS) is 12.8. The van der Waals surface area contributed by atoms with Gasteiger partial charge in [0.25, 0.3) is 0 Å². The van der Waals surface area contributed by atoms with E-state index in [1.807, 2.05) is 42.5 Å². The Labute approximate surface area is 157 Å². The molecule has 0 atom stereocenters. The van der Waals surface area contributed by atoms with Crippen LogP contribution >= 0.6 is 11.6 Å². The van der Waals surface area contributed by atoms with E-state index in [-0.39, 0.29) is 6.42 Å². The fraction of sp³-hybridized carbons (Fsp3) is 0.190. The van der Waals surface area contributed by atoms with E-state index < -0.39 is 5.91 Å². The number of rotatable bonds is 4. The summed E-state index contributed by atoms with van der Waals surface area (Å²) in [5.41, 5.74) is 8.34. The standard InChI is InChI=1S/C21H19ClN2O2/c22-16-10-8-15(9-11-16)21-18(13-19(25)23-26)24-12-4-7-17(24)20(21)14-5-2-1-3-6-14/h1-3,5-6,8-11,26H,4,7,12-13H2,(H,23,25). The van der Waals surface area contributed by atoms with Gasteiger partial charge in [-0.3, -0.25) is 10.0 Å². The summed E-state index contributed by atoms with van der Waals surface area (Å²) < 4.78 is 2.24. The summed E-state index contributed by atoms with van der Waals surface area (Å²) in [4.78, 5) is 12.0. The Morgan fingerprint density at radius 3 is 2.42 bits per heavy atom. The van der Waals surface area contributed by atoms with Gasteiger partial charge in [-0.2, -0.15) is 0 Å². The van der Waals surface area contributed by atoms with E-state index >= 15 is 0 Å². The third-order valence-corrected chi connectivity index (χ3v) is 5.17. The lowest BCUT2D eigenvalue weighted by atomic mass is 9.93. The van der Waals surface area contributed by atoms with Crippen molar-refractivity contribution in [3.8, 4) is 22.3 Å². The Bertz CT molecular complexity index is 946. The zero-order chi connectivity index (χ0) is 18.1. The molecule has 132 valence electrons. The van der Waals surface area contributed by atoms with Crippen LogP contribution in [0, 0.1) is 0 Å². The van der Waals surface area contributed by atoms with Crippen LogP contribution in [0.15, 0.2) is 54.6 Å². The van der Waals surface area contributed by atoms with Crippen molar-refractivity contribution >= 4 is 17.5 Å². The summed E-state index contributed by atoms with van der Waals surface area (Å²) in [6, 6.07) is 18.0. The third kappa shape index (κ3) is 2.91. The van der Waals surface area contributed by atoms with Crippen LogP contribution in [-0.2, 0) is 24.2 Å². The van der Waals surface area contributed by atoms with Gasteiger partial charge < -0.3 is 4.57 Å². The molecule has 3 aromatic rings. The first-order chi connectivity index (χ1) is 12.7. The van der Waals surface area contributed by atoms with Crippen molar-refractivity contribution in [1.29, 1.82) is 0 Å². The van der Waals surface area contributed by atoms with Gasteiger partial charge in [-0.25, -0.2) is 5.48 Å². The molecule has 2 N–H and O–H groups in total. The van der Waals surface area contributed by atoms with Gasteiger partial charge in [0.1, 0.15) is 0 Å². The van der Waals surface area contributed by atoms with Gasteiger partial charge in [-0.05, 0) is 36.1 Å². The Hall–Kier alpha value is -2.56. The van der Waals surface area contributed by atoms with Crippen molar-refractivity contribution in [2.24, 2.45) is 0 Å². The minimum absolute atomic E-state index is 0.133. The third-order valence-electron chi connectivity index (χ3n) is 4.92. The molecule has 5 heteroatoms. The quantitative estimate of drug-likeness (QED) is 0.528. The summed E-state index contributed by atoms with van der Waals surface area (Å²) >= 11 is 6.08. The first-order valence-corrected chi connectivity index (χ1v) is 9.05. The van der Waals surface area contributed by atoms with Gasteiger partial charge in [0.05, 0.1) is 6.42 Å². The number of carbonyl (C=O) groups is 1. The van der Waals surface area contributed by atoms with Crippen LogP contribution in [0.2, 0.25) is 5.02 Å². The highest BCUT2D eigenvalue weighted by Gasteiger charge is 2.28. The molecule has 2 aromatic carbocycles. The number of benzene rings is 2. The van der Waals surface area contributed by atoms with Crippen molar-refractivity contribution in [3.05, 3.63) is 71.0 Å². The number of hydrogen-bond acceptors (Lipinski definition) is 2. The second-order valence-electron chi connectivity index (χ2n) is 6.48. The van der Waals surface area contributed by atoms with E-state index in [9.17, 15) is 4.79 Å². The first-order valence-electron chi connectivity index (χ1n) is 8.67. The van der Waals surface area contributed by atoms with Gasteiger partial charge in [0, 0.05) is 34.1 Å². The predicted molar refractivity (Wildman–Crippen MR) is 102 cm³/mol. The zero-order valence-electron chi connectivity index (χ0n) is 14.2. The summed E-state index contributed by atoms with van der Waals surface area (Å²) in [6.45, 7) is 0.886. The molecule has 2 heterocycles. The second-order valence-corrected chi connectivity index (χ2v) is 6.92. The smallest absolute Gasteiger partial charge is 0.249 e. The molecule has 0 radical (unpaired) electrons. The Morgan fingerprint density at radius 2 is 1.73 bits per heavy atom. The number of aromatic nitrogens is 1. The molecule has 0 unspecified atom stereocenters. The lowest BCUT2D eigenvalue weighted by Crippen LogP contribution is -2.22. The van der Waals surface area contributed by atoms with Crippen LogP contribution in [-0.4, -0.2) is 15.7 Å². The van der Waals surface area contributed by atoms with Crippen molar-refractivity contribution in [2.45, 2.75) is 25.8 Å². The molecule has 0 spiro atoms. The number of fused-ring (bicyclic) bond motifs is 1. The van der Waals surface area contributed by atoms with E-state index in [1.165, 1.54) is 11.3 Å². The first kappa shape index (κ1) is 16.9. The van der Waals surface area contributed by atoms with Crippen LogP contribution in [0.25, 0.3) is 22.3 Å². The maximum Gasteiger partial charge on any atom is 0.249 e. The molecule has 0 saturated carbocycles. The second kappa shape index (κ2) is 6.98. The van der Waals surface area contributed by atoms with Gasteiger partial charge in [-0.1, -0.05) is 54.1 Å². The van der Waals surface area contributed by atoms with Crippen LogP contribution in [0.3, 0.4) is 0 Å². The monoisotopic (exact) mass is 366 g/mol. The number of nitrogens with zero attached hydrogens (tertiary/aromatic N) is 1. The van der Waals surface area contributed by atoms with Crippen LogP contribution in [0.5, 0.6) is 0 Å². The molecule has 1 aliphatic heterocycles. The van der Waals surface area contributed by atoms with Crippen molar-refractivity contribution in [2.75, 3.05) is 0 Å². The van der Waals surface area contributed by atoms with E-state index in [1.54, 1.807) is 5.48 Å². The molecular formula is C21H19ClN2O2. The maximum atomic E-state index is 12.0. The topological polar surface area (TPSA) is 54.3 Å². The molecule has 1 aliphatic rings. The number of amides is 1. The van der Waals surface area contributed by atoms with Crippen molar-refractivity contribution < 1.29 is 10.0 Å². The molecule has 0 fully saturated rings. The van der Waals surface area contributed by atoms with Crippen LogP contribution in [0.4, 0.5) is 0 Å². The minimum atomic E-state index is -0.410. The molecule has 4 nitrogen and oxygen atoms in total.